The van der Waals surface area contributed by atoms with E-state index in [9.17, 15) is 4.79 Å². The second-order valence-electron chi connectivity index (χ2n) is 6.98. The summed E-state index contributed by atoms with van der Waals surface area (Å²) in [4.78, 5) is 12.4. The molecule has 0 unspecified atom stereocenters. The Morgan fingerprint density at radius 1 is 0.792 bits per heavy atom. The van der Waals surface area contributed by atoms with Crippen molar-refractivity contribution in [3.8, 4) is 0 Å². The predicted octanol–water partition coefficient (Wildman–Crippen LogP) is 5.06. The zero-order valence-corrected chi connectivity index (χ0v) is 16.7. The fourth-order valence-electron chi connectivity index (χ4n) is 2.55. The monoisotopic (exact) mass is 344 g/mol. The molecule has 0 amide bonds. The number of rotatable bonds is 16. The standard InChI is InChI=1S/C16H32O2.C4H12N2/c1-2-3-4-5-6-7-8-9-10-11-12-13-14-15-16(17)18;1-6(2)4-3-5/h2-15H2,1H3,(H,17,18);3-5H2,1-2H3. The molecule has 0 aliphatic rings. The summed E-state index contributed by atoms with van der Waals surface area (Å²) in [6, 6.07) is 0. The maximum Gasteiger partial charge on any atom is 0.303 e. The number of carboxylic acid groups (broad SMARTS) is 1. The van der Waals surface area contributed by atoms with E-state index in [1.54, 1.807) is 0 Å². The van der Waals surface area contributed by atoms with Gasteiger partial charge in [0.1, 0.15) is 0 Å². The summed E-state index contributed by atoms with van der Waals surface area (Å²) in [6.45, 7) is 4.00. The molecule has 0 aromatic carbocycles. The largest absolute Gasteiger partial charge is 0.481 e. The van der Waals surface area contributed by atoms with E-state index in [0.717, 1.165) is 25.9 Å². The minimum absolute atomic E-state index is 0.345. The first kappa shape index (κ1) is 25.6. The SMILES string of the molecule is CCCCCCCCCCCCCCCC(=O)O.CN(C)CCN. The van der Waals surface area contributed by atoms with Gasteiger partial charge in [0.15, 0.2) is 0 Å². The summed E-state index contributed by atoms with van der Waals surface area (Å²) >= 11 is 0. The minimum atomic E-state index is -0.655. The van der Waals surface area contributed by atoms with Crippen LogP contribution in [0.25, 0.3) is 0 Å². The van der Waals surface area contributed by atoms with Crippen LogP contribution in [-0.2, 0) is 4.79 Å². The molecule has 0 heterocycles. The number of carboxylic acids is 1. The van der Waals surface area contributed by atoms with Gasteiger partial charge in [-0.3, -0.25) is 4.79 Å². The van der Waals surface area contributed by atoms with Crippen molar-refractivity contribution in [2.45, 2.75) is 96.8 Å². The van der Waals surface area contributed by atoms with E-state index in [-0.39, 0.29) is 0 Å². The van der Waals surface area contributed by atoms with Crippen LogP contribution in [0.15, 0.2) is 0 Å². The first-order valence-electron chi connectivity index (χ1n) is 10.1. The van der Waals surface area contributed by atoms with Crippen LogP contribution in [-0.4, -0.2) is 43.2 Å². The van der Waals surface area contributed by atoms with E-state index >= 15 is 0 Å². The van der Waals surface area contributed by atoms with Gasteiger partial charge < -0.3 is 15.7 Å². The first-order valence-corrected chi connectivity index (χ1v) is 10.1. The number of nitrogens with zero attached hydrogens (tertiary/aromatic N) is 1. The van der Waals surface area contributed by atoms with Crippen LogP contribution >= 0.6 is 0 Å². The summed E-state index contributed by atoms with van der Waals surface area (Å²) in [5.41, 5.74) is 5.19. The topological polar surface area (TPSA) is 66.6 Å². The fourth-order valence-corrected chi connectivity index (χ4v) is 2.55. The zero-order chi connectivity index (χ0) is 18.5. The molecule has 4 nitrogen and oxygen atoms in total. The second kappa shape index (κ2) is 22.4. The molecule has 0 saturated heterocycles. The fraction of sp³-hybridized carbons (Fsp3) is 0.950. The molecule has 0 saturated carbocycles. The van der Waals surface area contributed by atoms with Crippen molar-refractivity contribution < 1.29 is 9.90 Å². The number of nitrogens with two attached hydrogens (primary N) is 1. The van der Waals surface area contributed by atoms with Gasteiger partial charge in [-0.2, -0.15) is 0 Å². The Balaban J connectivity index is 0. The highest BCUT2D eigenvalue weighted by Crippen LogP contribution is 2.12. The van der Waals surface area contributed by atoms with E-state index < -0.39 is 5.97 Å². The van der Waals surface area contributed by atoms with Gasteiger partial charge in [0, 0.05) is 19.5 Å². The molecule has 0 aromatic rings. The van der Waals surface area contributed by atoms with Gasteiger partial charge in [0.25, 0.3) is 0 Å². The lowest BCUT2D eigenvalue weighted by molar-refractivity contribution is -0.137. The van der Waals surface area contributed by atoms with Crippen molar-refractivity contribution in [2.75, 3.05) is 27.2 Å². The lowest BCUT2D eigenvalue weighted by Gasteiger charge is -2.03. The van der Waals surface area contributed by atoms with Crippen LogP contribution in [0.4, 0.5) is 0 Å². The highest BCUT2D eigenvalue weighted by atomic mass is 16.4. The van der Waals surface area contributed by atoms with Gasteiger partial charge in [0.2, 0.25) is 0 Å². The highest BCUT2D eigenvalue weighted by molar-refractivity contribution is 5.66. The summed E-state index contributed by atoms with van der Waals surface area (Å²) in [7, 11) is 4.01. The molecule has 24 heavy (non-hydrogen) atoms. The molecule has 4 heteroatoms. The van der Waals surface area contributed by atoms with Crippen LogP contribution in [0.5, 0.6) is 0 Å². The Kier molecular flexibility index (Phi) is 23.9. The number of likely N-dealkylation sites (N-methyl/N-ethyl adjacent to an activating group) is 1. The van der Waals surface area contributed by atoms with Crippen LogP contribution in [0.1, 0.15) is 96.8 Å². The third-order valence-corrected chi connectivity index (χ3v) is 4.07. The van der Waals surface area contributed by atoms with Crippen molar-refractivity contribution >= 4 is 5.97 Å². The van der Waals surface area contributed by atoms with Crippen LogP contribution < -0.4 is 5.73 Å². The number of unbranched alkanes of at least 4 members (excludes halogenated alkanes) is 12. The van der Waals surface area contributed by atoms with E-state index in [1.807, 2.05) is 14.1 Å². The maximum atomic E-state index is 10.3. The van der Waals surface area contributed by atoms with Crippen molar-refractivity contribution in [1.29, 1.82) is 0 Å². The molecular weight excluding hydrogens is 300 g/mol. The highest BCUT2D eigenvalue weighted by Gasteiger charge is 1.96. The van der Waals surface area contributed by atoms with Gasteiger partial charge in [0.05, 0.1) is 0 Å². The second-order valence-corrected chi connectivity index (χ2v) is 6.98. The van der Waals surface area contributed by atoms with Crippen LogP contribution in [0.3, 0.4) is 0 Å². The molecule has 0 aliphatic heterocycles. The Labute approximate surface area is 151 Å². The molecule has 0 atom stereocenters. The van der Waals surface area contributed by atoms with Crippen molar-refractivity contribution in [3.63, 3.8) is 0 Å². The van der Waals surface area contributed by atoms with Gasteiger partial charge in [-0.1, -0.05) is 84.0 Å². The van der Waals surface area contributed by atoms with E-state index in [4.69, 9.17) is 10.8 Å². The molecule has 0 bridgehead atoms. The summed E-state index contributed by atoms with van der Waals surface area (Å²) in [5, 5.41) is 8.49. The Morgan fingerprint density at radius 2 is 1.17 bits per heavy atom. The lowest BCUT2D eigenvalue weighted by atomic mass is 10.0. The van der Waals surface area contributed by atoms with E-state index in [2.05, 4.69) is 11.8 Å². The van der Waals surface area contributed by atoms with Crippen LogP contribution in [0, 0.1) is 0 Å². The van der Waals surface area contributed by atoms with Gasteiger partial charge in [-0.15, -0.1) is 0 Å². The normalized spacial score (nSPS) is 10.5. The Bertz CT molecular complexity index is 246. The number of hydrogen-bond acceptors (Lipinski definition) is 3. The Hall–Kier alpha value is -0.610. The molecule has 0 aromatic heterocycles. The molecule has 3 N–H and O–H groups in total. The number of carbonyl (C=O) groups is 1. The Morgan fingerprint density at radius 3 is 1.42 bits per heavy atom. The summed E-state index contributed by atoms with van der Waals surface area (Å²) in [5.74, 6) is -0.655. The van der Waals surface area contributed by atoms with Gasteiger partial charge >= 0.3 is 5.97 Å². The van der Waals surface area contributed by atoms with Gasteiger partial charge in [-0.25, -0.2) is 0 Å². The molecule has 0 spiro atoms. The predicted molar refractivity (Wildman–Crippen MR) is 106 cm³/mol. The van der Waals surface area contributed by atoms with Crippen molar-refractivity contribution in [3.05, 3.63) is 0 Å². The van der Waals surface area contributed by atoms with Crippen molar-refractivity contribution in [2.24, 2.45) is 5.73 Å². The van der Waals surface area contributed by atoms with Crippen molar-refractivity contribution in [1.82, 2.24) is 4.90 Å². The number of aliphatic carboxylic acids is 1. The molecule has 146 valence electrons. The third-order valence-electron chi connectivity index (χ3n) is 4.07. The average molecular weight is 345 g/mol. The first-order chi connectivity index (χ1) is 11.5. The van der Waals surface area contributed by atoms with Crippen LogP contribution in [0.2, 0.25) is 0 Å². The molecule has 0 aliphatic carbocycles. The molecule has 0 fully saturated rings. The average Bonchev–Trinajstić information content (AvgIpc) is 2.52. The molecular formula is C20H44N2O2. The van der Waals surface area contributed by atoms with Gasteiger partial charge in [-0.05, 0) is 20.5 Å². The smallest absolute Gasteiger partial charge is 0.303 e. The zero-order valence-electron chi connectivity index (χ0n) is 16.7. The maximum absolute atomic E-state index is 10.3. The number of hydrogen-bond donors (Lipinski definition) is 2. The lowest BCUT2D eigenvalue weighted by Crippen LogP contribution is -2.20. The minimum Gasteiger partial charge on any atom is -0.481 e. The summed E-state index contributed by atoms with van der Waals surface area (Å²) < 4.78 is 0. The van der Waals surface area contributed by atoms with E-state index in [1.165, 1.54) is 70.6 Å². The molecule has 0 rings (SSSR count). The summed E-state index contributed by atoms with van der Waals surface area (Å²) in [6.07, 6.45) is 17.3. The van der Waals surface area contributed by atoms with E-state index in [0.29, 0.717) is 6.42 Å². The quantitative estimate of drug-likeness (QED) is 0.384. The molecule has 0 radical (unpaired) electrons. The third kappa shape index (κ3) is 29.4.